The number of ether oxygens (including phenoxy) is 1. The van der Waals surface area contributed by atoms with Crippen molar-refractivity contribution >= 4 is 6.09 Å². The molecule has 1 unspecified atom stereocenters. The Morgan fingerprint density at radius 2 is 2.04 bits per heavy atom. The van der Waals surface area contributed by atoms with Gasteiger partial charge in [0.1, 0.15) is 0 Å². The van der Waals surface area contributed by atoms with E-state index in [1.54, 1.807) is 5.56 Å². The molecule has 3 atom stereocenters. The highest BCUT2D eigenvalue weighted by Crippen LogP contribution is 2.52. The second-order valence-corrected chi connectivity index (χ2v) is 7.18. The number of fused-ring (bicyclic) bond motifs is 3. The summed E-state index contributed by atoms with van der Waals surface area (Å²) < 4.78 is 5.13. The molecule has 0 radical (unpaired) electrons. The molecule has 0 aliphatic heterocycles. The van der Waals surface area contributed by atoms with Gasteiger partial charge in [-0.15, -0.1) is 0 Å². The maximum atomic E-state index is 11.9. The number of alkyl carbamates (subject to hydrolysis) is 1. The standard InChI is InChI=1S/C20H29NO2.C2H6/c1-4-20-12-6-7-18(21-19(22)23-5-2)16(20)11-10-15-9-8-14(3)13-17(15)20;1-2/h8-9,13,16,18H,4-7,10-12H2,1-3H3,(H,21,22);1-2H3/t16-,18?,20+;/m0./s1. The van der Waals surface area contributed by atoms with Gasteiger partial charge in [-0.3, -0.25) is 0 Å². The molecule has 3 nitrogen and oxygen atoms in total. The lowest BCUT2D eigenvalue weighted by molar-refractivity contribution is 0.0952. The molecule has 1 amide bonds. The Morgan fingerprint density at radius 3 is 2.72 bits per heavy atom. The van der Waals surface area contributed by atoms with Crippen LogP contribution in [-0.2, 0) is 16.6 Å². The minimum absolute atomic E-state index is 0.224. The minimum atomic E-state index is -0.251. The van der Waals surface area contributed by atoms with Crippen molar-refractivity contribution in [3.8, 4) is 0 Å². The van der Waals surface area contributed by atoms with Crippen LogP contribution in [0.3, 0.4) is 0 Å². The van der Waals surface area contributed by atoms with Gasteiger partial charge in [0.25, 0.3) is 0 Å². The number of carbonyl (C=O) groups excluding carboxylic acids is 1. The third-order valence-corrected chi connectivity index (χ3v) is 6.07. The van der Waals surface area contributed by atoms with Crippen molar-refractivity contribution < 1.29 is 9.53 Å². The van der Waals surface area contributed by atoms with Gasteiger partial charge in [-0.25, -0.2) is 4.79 Å². The number of nitrogens with one attached hydrogen (secondary N) is 1. The first kappa shape index (κ1) is 19.8. The predicted molar refractivity (Wildman–Crippen MR) is 104 cm³/mol. The Kier molecular flexibility index (Phi) is 6.92. The van der Waals surface area contributed by atoms with Crippen LogP contribution in [0, 0.1) is 12.8 Å². The summed E-state index contributed by atoms with van der Waals surface area (Å²) in [6.45, 7) is 10.8. The highest BCUT2D eigenvalue weighted by Gasteiger charge is 2.48. The van der Waals surface area contributed by atoms with Crippen molar-refractivity contribution in [2.24, 2.45) is 5.92 Å². The smallest absolute Gasteiger partial charge is 0.407 e. The van der Waals surface area contributed by atoms with Gasteiger partial charge in [-0.1, -0.05) is 51.0 Å². The molecule has 140 valence electrons. The first-order chi connectivity index (χ1) is 12.1. The van der Waals surface area contributed by atoms with Gasteiger partial charge >= 0.3 is 6.09 Å². The van der Waals surface area contributed by atoms with Gasteiger partial charge in [-0.05, 0) is 63.0 Å². The van der Waals surface area contributed by atoms with E-state index in [0.717, 1.165) is 19.3 Å². The number of hydrogen-bond donors (Lipinski definition) is 1. The maximum absolute atomic E-state index is 11.9. The van der Waals surface area contributed by atoms with Crippen LogP contribution in [0.1, 0.15) is 76.5 Å². The molecule has 3 heteroatoms. The number of benzene rings is 1. The highest BCUT2D eigenvalue weighted by atomic mass is 16.5. The number of carbonyl (C=O) groups is 1. The third kappa shape index (κ3) is 3.86. The summed E-state index contributed by atoms with van der Waals surface area (Å²) in [6, 6.07) is 7.20. The molecule has 2 aliphatic rings. The van der Waals surface area contributed by atoms with Crippen molar-refractivity contribution in [1.82, 2.24) is 5.32 Å². The summed E-state index contributed by atoms with van der Waals surface area (Å²) in [4.78, 5) is 11.9. The summed E-state index contributed by atoms with van der Waals surface area (Å²) in [5, 5.41) is 3.16. The molecule has 1 aromatic rings. The van der Waals surface area contributed by atoms with Crippen LogP contribution in [0.2, 0.25) is 0 Å². The topological polar surface area (TPSA) is 38.3 Å². The monoisotopic (exact) mass is 345 g/mol. The summed E-state index contributed by atoms with van der Waals surface area (Å²) >= 11 is 0. The van der Waals surface area contributed by atoms with E-state index in [-0.39, 0.29) is 17.6 Å². The van der Waals surface area contributed by atoms with E-state index in [0.29, 0.717) is 12.5 Å². The van der Waals surface area contributed by atoms with E-state index < -0.39 is 0 Å². The first-order valence-corrected chi connectivity index (χ1v) is 10.1. The van der Waals surface area contributed by atoms with Crippen molar-refractivity contribution in [1.29, 1.82) is 0 Å². The second kappa shape index (κ2) is 8.73. The minimum Gasteiger partial charge on any atom is -0.450 e. The number of aryl methyl sites for hydroxylation is 2. The maximum Gasteiger partial charge on any atom is 0.407 e. The molecular formula is C22H35NO2. The van der Waals surface area contributed by atoms with E-state index in [2.05, 4.69) is 37.4 Å². The van der Waals surface area contributed by atoms with E-state index in [4.69, 9.17) is 4.74 Å². The van der Waals surface area contributed by atoms with Crippen LogP contribution in [-0.4, -0.2) is 18.7 Å². The van der Waals surface area contributed by atoms with Gasteiger partial charge in [0.15, 0.2) is 0 Å². The van der Waals surface area contributed by atoms with E-state index >= 15 is 0 Å². The number of hydrogen-bond acceptors (Lipinski definition) is 2. The van der Waals surface area contributed by atoms with Crippen LogP contribution in [0.5, 0.6) is 0 Å². The molecule has 25 heavy (non-hydrogen) atoms. The summed E-state index contributed by atoms with van der Waals surface area (Å²) in [7, 11) is 0. The Bertz CT molecular complexity index is 583. The average molecular weight is 346 g/mol. The third-order valence-electron chi connectivity index (χ3n) is 6.07. The van der Waals surface area contributed by atoms with Crippen molar-refractivity contribution in [3.63, 3.8) is 0 Å². The van der Waals surface area contributed by atoms with Crippen LogP contribution in [0.25, 0.3) is 0 Å². The summed E-state index contributed by atoms with van der Waals surface area (Å²) in [5.74, 6) is 0.528. The van der Waals surface area contributed by atoms with Gasteiger partial charge in [0.05, 0.1) is 6.61 Å². The molecule has 1 saturated carbocycles. The fraction of sp³-hybridized carbons (Fsp3) is 0.682. The molecule has 0 saturated heterocycles. The Labute approximate surface area is 153 Å². The van der Waals surface area contributed by atoms with Crippen LogP contribution in [0.4, 0.5) is 4.79 Å². The normalized spacial score (nSPS) is 27.2. The molecule has 0 aromatic heterocycles. The SMILES string of the molecule is CC.CCOC(=O)NC1CCC[C@@]2(CC)c3cc(C)ccc3CC[C@@H]12. The molecule has 1 fully saturated rings. The fourth-order valence-corrected chi connectivity index (χ4v) is 5.03. The van der Waals surface area contributed by atoms with Gasteiger partial charge in [-0.2, -0.15) is 0 Å². The van der Waals surface area contributed by atoms with Gasteiger partial charge in [0.2, 0.25) is 0 Å². The van der Waals surface area contributed by atoms with E-state index in [1.165, 1.54) is 30.4 Å². The van der Waals surface area contributed by atoms with Crippen LogP contribution >= 0.6 is 0 Å². The first-order valence-electron chi connectivity index (χ1n) is 10.1. The van der Waals surface area contributed by atoms with E-state index in [1.807, 2.05) is 20.8 Å². The zero-order valence-corrected chi connectivity index (χ0v) is 16.7. The average Bonchev–Trinajstić information content (AvgIpc) is 2.63. The Balaban J connectivity index is 0.00000109. The quantitative estimate of drug-likeness (QED) is 0.782. The lowest BCUT2D eigenvalue weighted by atomic mass is 9.54. The molecule has 1 aromatic carbocycles. The fourth-order valence-electron chi connectivity index (χ4n) is 5.03. The van der Waals surface area contributed by atoms with Crippen molar-refractivity contribution in [3.05, 3.63) is 34.9 Å². The zero-order chi connectivity index (χ0) is 18.4. The van der Waals surface area contributed by atoms with Crippen molar-refractivity contribution in [2.45, 2.75) is 84.6 Å². The highest BCUT2D eigenvalue weighted by molar-refractivity contribution is 5.67. The molecule has 0 bridgehead atoms. The van der Waals surface area contributed by atoms with Gasteiger partial charge < -0.3 is 10.1 Å². The van der Waals surface area contributed by atoms with E-state index in [9.17, 15) is 4.79 Å². The molecule has 0 heterocycles. The predicted octanol–water partition coefficient (Wildman–Crippen LogP) is 5.53. The second-order valence-electron chi connectivity index (χ2n) is 7.18. The molecule has 3 rings (SSSR count). The number of amides is 1. The van der Waals surface area contributed by atoms with Crippen molar-refractivity contribution in [2.75, 3.05) is 6.61 Å². The number of rotatable bonds is 3. The lowest BCUT2D eigenvalue weighted by Crippen LogP contribution is -2.54. The zero-order valence-electron chi connectivity index (χ0n) is 16.7. The summed E-state index contributed by atoms with van der Waals surface area (Å²) in [6.07, 6.45) is 6.69. The molecule has 2 aliphatic carbocycles. The largest absolute Gasteiger partial charge is 0.450 e. The lowest BCUT2D eigenvalue weighted by Gasteiger charge is -2.52. The Morgan fingerprint density at radius 1 is 1.28 bits per heavy atom. The Hall–Kier alpha value is -1.51. The molecule has 1 N–H and O–H groups in total. The van der Waals surface area contributed by atoms with Crippen LogP contribution in [0.15, 0.2) is 18.2 Å². The molecular weight excluding hydrogens is 310 g/mol. The molecule has 0 spiro atoms. The van der Waals surface area contributed by atoms with Crippen LogP contribution < -0.4 is 5.32 Å². The summed E-state index contributed by atoms with van der Waals surface area (Å²) in [5.41, 5.74) is 4.64. The van der Waals surface area contributed by atoms with Gasteiger partial charge in [0, 0.05) is 11.5 Å².